The van der Waals surface area contributed by atoms with Gasteiger partial charge in [-0.2, -0.15) is 0 Å². The molecule has 0 radical (unpaired) electrons. The number of aliphatic hydroxyl groups is 1. The Morgan fingerprint density at radius 2 is 2.04 bits per heavy atom. The minimum absolute atomic E-state index is 0.0592. The van der Waals surface area contributed by atoms with Gasteiger partial charge in [-0.05, 0) is 67.1 Å². The van der Waals surface area contributed by atoms with Gasteiger partial charge in [0.1, 0.15) is 0 Å². The summed E-state index contributed by atoms with van der Waals surface area (Å²) >= 11 is 0. The van der Waals surface area contributed by atoms with E-state index in [1.54, 1.807) is 12.2 Å². The Bertz CT molecular complexity index is 697. The molecule has 128 valence electrons. The molecule has 0 heterocycles. The number of rotatable bonds is 1. The molecule has 24 heavy (non-hydrogen) atoms. The van der Waals surface area contributed by atoms with Crippen molar-refractivity contribution in [1.29, 1.82) is 0 Å². The van der Waals surface area contributed by atoms with Crippen LogP contribution in [0.5, 0.6) is 0 Å². The van der Waals surface area contributed by atoms with Crippen LogP contribution in [0.2, 0.25) is 0 Å². The normalized spacial score (nSPS) is 49.2. The fourth-order valence-electron chi connectivity index (χ4n) is 6.59. The topological polar surface area (TPSA) is 37.3 Å². The maximum Gasteiger partial charge on any atom is 0.178 e. The van der Waals surface area contributed by atoms with Crippen LogP contribution in [0.15, 0.2) is 48.1 Å². The first-order valence-corrected chi connectivity index (χ1v) is 9.24. The van der Waals surface area contributed by atoms with Crippen LogP contribution in [0, 0.1) is 34.5 Å². The number of hydrogen-bond donors (Lipinski definition) is 1. The Morgan fingerprint density at radius 3 is 2.75 bits per heavy atom. The van der Waals surface area contributed by atoms with E-state index in [9.17, 15) is 9.90 Å². The second-order valence-corrected chi connectivity index (χ2v) is 8.94. The van der Waals surface area contributed by atoms with Crippen molar-refractivity contribution in [3.05, 3.63) is 48.1 Å². The van der Waals surface area contributed by atoms with Gasteiger partial charge in [-0.1, -0.05) is 44.2 Å². The Labute approximate surface area is 145 Å². The molecule has 2 nitrogen and oxygen atoms in total. The van der Waals surface area contributed by atoms with Crippen LogP contribution >= 0.6 is 0 Å². The Kier molecular flexibility index (Phi) is 3.38. The number of hydrogen-bond acceptors (Lipinski definition) is 2. The summed E-state index contributed by atoms with van der Waals surface area (Å²) in [5, 5.41) is 11.2. The monoisotopic (exact) mass is 324 g/mol. The highest BCUT2D eigenvalue weighted by Crippen LogP contribution is 2.65. The summed E-state index contributed by atoms with van der Waals surface area (Å²) in [4.78, 5) is 11.8. The van der Waals surface area contributed by atoms with E-state index in [2.05, 4.69) is 39.5 Å². The van der Waals surface area contributed by atoms with E-state index in [4.69, 9.17) is 0 Å². The van der Waals surface area contributed by atoms with Crippen LogP contribution in [0.1, 0.15) is 40.0 Å². The largest absolute Gasteiger partial charge is 0.393 e. The van der Waals surface area contributed by atoms with E-state index in [1.165, 1.54) is 18.4 Å². The molecule has 4 aliphatic rings. The highest BCUT2D eigenvalue weighted by molar-refractivity contribution is 6.01. The molecule has 0 saturated heterocycles. The third-order valence-corrected chi connectivity index (χ3v) is 7.65. The zero-order valence-electron chi connectivity index (χ0n) is 15.0. The lowest BCUT2D eigenvalue weighted by atomic mass is 9.48. The zero-order chi connectivity index (χ0) is 17.3. The van der Waals surface area contributed by atoms with Crippen molar-refractivity contribution in [2.45, 2.75) is 46.1 Å². The fourth-order valence-corrected chi connectivity index (χ4v) is 6.59. The third kappa shape index (κ3) is 1.95. The first-order valence-electron chi connectivity index (χ1n) is 9.24. The summed E-state index contributed by atoms with van der Waals surface area (Å²) in [5.41, 5.74) is 2.24. The van der Waals surface area contributed by atoms with Crippen LogP contribution in [-0.4, -0.2) is 17.0 Å². The van der Waals surface area contributed by atoms with E-state index in [0.29, 0.717) is 17.8 Å². The number of allylic oxidation sites excluding steroid dienone is 7. The molecule has 0 aromatic rings. The molecule has 0 aromatic carbocycles. The van der Waals surface area contributed by atoms with Crippen LogP contribution in [0.25, 0.3) is 0 Å². The Morgan fingerprint density at radius 1 is 1.29 bits per heavy atom. The lowest BCUT2D eigenvalue weighted by molar-refractivity contribution is -0.111. The van der Waals surface area contributed by atoms with Gasteiger partial charge in [-0.15, -0.1) is 0 Å². The molecule has 7 atom stereocenters. The Hall–Kier alpha value is -1.41. The van der Waals surface area contributed by atoms with E-state index >= 15 is 0 Å². The SMILES string of the molecule is C=C(C)[C@H]1CC[C@H]2[C@@H]3C=CC4=CC(=O)C=C[C@]4(C)[C@H]3C(O)C[C@]12C. The number of carbonyl (C=O) groups excluding carboxylic acids is 1. The first kappa shape index (κ1) is 16.1. The van der Waals surface area contributed by atoms with Crippen molar-refractivity contribution in [3.63, 3.8) is 0 Å². The van der Waals surface area contributed by atoms with Gasteiger partial charge in [-0.3, -0.25) is 4.79 Å². The maximum absolute atomic E-state index is 11.8. The highest BCUT2D eigenvalue weighted by atomic mass is 16.3. The van der Waals surface area contributed by atoms with E-state index < -0.39 is 0 Å². The molecule has 4 rings (SSSR count). The van der Waals surface area contributed by atoms with E-state index in [-0.39, 0.29) is 28.6 Å². The van der Waals surface area contributed by atoms with Gasteiger partial charge >= 0.3 is 0 Å². The highest BCUT2D eigenvalue weighted by Gasteiger charge is 2.60. The fraction of sp³-hybridized carbons (Fsp3) is 0.591. The van der Waals surface area contributed by atoms with Crippen molar-refractivity contribution < 1.29 is 9.90 Å². The minimum Gasteiger partial charge on any atom is -0.393 e. The summed E-state index contributed by atoms with van der Waals surface area (Å²) in [6.45, 7) is 10.9. The van der Waals surface area contributed by atoms with Gasteiger partial charge in [0, 0.05) is 11.3 Å². The average molecular weight is 324 g/mol. The van der Waals surface area contributed by atoms with Crippen LogP contribution < -0.4 is 0 Å². The number of fused-ring (bicyclic) bond motifs is 5. The predicted molar refractivity (Wildman–Crippen MR) is 96.2 cm³/mol. The zero-order valence-corrected chi connectivity index (χ0v) is 15.0. The van der Waals surface area contributed by atoms with Crippen LogP contribution in [0.3, 0.4) is 0 Å². The second-order valence-electron chi connectivity index (χ2n) is 8.94. The van der Waals surface area contributed by atoms with Gasteiger partial charge in [-0.25, -0.2) is 0 Å². The molecule has 0 bridgehead atoms. The van der Waals surface area contributed by atoms with Gasteiger partial charge in [0.2, 0.25) is 0 Å². The smallest absolute Gasteiger partial charge is 0.178 e. The number of ketones is 1. The first-order chi connectivity index (χ1) is 11.3. The van der Waals surface area contributed by atoms with E-state index in [1.807, 2.05) is 6.08 Å². The van der Waals surface area contributed by atoms with Crippen molar-refractivity contribution in [3.8, 4) is 0 Å². The molecule has 4 aliphatic carbocycles. The number of carbonyl (C=O) groups is 1. The van der Waals surface area contributed by atoms with Crippen molar-refractivity contribution in [2.24, 2.45) is 34.5 Å². The average Bonchev–Trinajstić information content (AvgIpc) is 2.84. The molecule has 0 amide bonds. The molecule has 0 aliphatic heterocycles. The minimum atomic E-state index is -0.340. The molecule has 2 heteroatoms. The van der Waals surface area contributed by atoms with E-state index in [0.717, 1.165) is 12.0 Å². The molecule has 0 spiro atoms. The standard InChI is InChI=1S/C22H28O2/c1-13(2)17-7-8-18-16-6-5-14-11-15(23)9-10-21(14,3)20(16)19(24)12-22(17,18)4/h5-6,9-11,16-20,24H,1,7-8,12H2,2-4H3/t16-,17+,18-,19?,20+,21-,22+/m0/s1. The second kappa shape index (κ2) is 5.05. The summed E-state index contributed by atoms with van der Waals surface area (Å²) in [5.74, 6) is 1.71. The van der Waals surface area contributed by atoms with Crippen molar-refractivity contribution in [1.82, 2.24) is 0 Å². The molecular weight excluding hydrogens is 296 g/mol. The Balaban J connectivity index is 1.79. The number of aliphatic hydroxyl groups excluding tert-OH is 1. The molecule has 2 fully saturated rings. The summed E-state index contributed by atoms with van der Waals surface area (Å²) in [6, 6.07) is 0. The van der Waals surface area contributed by atoms with Gasteiger partial charge in [0.05, 0.1) is 6.10 Å². The van der Waals surface area contributed by atoms with Crippen molar-refractivity contribution >= 4 is 5.78 Å². The summed E-state index contributed by atoms with van der Waals surface area (Å²) in [7, 11) is 0. The van der Waals surface area contributed by atoms with Crippen LogP contribution in [-0.2, 0) is 4.79 Å². The molecule has 0 aromatic heterocycles. The maximum atomic E-state index is 11.8. The molecule has 2 saturated carbocycles. The van der Waals surface area contributed by atoms with Gasteiger partial charge in [0.15, 0.2) is 5.78 Å². The summed E-state index contributed by atoms with van der Waals surface area (Å²) < 4.78 is 0. The van der Waals surface area contributed by atoms with Gasteiger partial charge in [0.25, 0.3) is 0 Å². The van der Waals surface area contributed by atoms with Crippen molar-refractivity contribution in [2.75, 3.05) is 0 Å². The quantitative estimate of drug-likeness (QED) is 0.733. The molecule has 1 unspecified atom stereocenters. The molecule has 1 N–H and O–H groups in total. The third-order valence-electron chi connectivity index (χ3n) is 7.65. The summed E-state index contributed by atoms with van der Waals surface area (Å²) in [6.07, 6.45) is 12.8. The molecular formula is C22H28O2. The van der Waals surface area contributed by atoms with Crippen LogP contribution in [0.4, 0.5) is 0 Å². The predicted octanol–water partition coefficient (Wildman–Crippen LogP) is 4.23. The lowest BCUT2D eigenvalue weighted by Crippen LogP contribution is -2.54. The lowest BCUT2D eigenvalue weighted by Gasteiger charge is -2.57. The van der Waals surface area contributed by atoms with Gasteiger partial charge < -0.3 is 5.11 Å².